The van der Waals surface area contributed by atoms with E-state index < -0.39 is 5.97 Å². The molecule has 1 aromatic carbocycles. The first kappa shape index (κ1) is 18.9. The Hall–Kier alpha value is -3.48. The van der Waals surface area contributed by atoms with Crippen LogP contribution in [0.3, 0.4) is 0 Å². The zero-order chi connectivity index (χ0) is 20.5. The molecule has 0 bridgehead atoms. The molecule has 7 heteroatoms. The number of aromatic carboxylic acids is 1. The highest BCUT2D eigenvalue weighted by molar-refractivity contribution is 5.93. The summed E-state index contributed by atoms with van der Waals surface area (Å²) in [4.78, 5) is 28.2. The van der Waals surface area contributed by atoms with Gasteiger partial charge in [0.25, 0.3) is 0 Å². The molecule has 4 rings (SSSR count). The number of carboxylic acids is 1. The highest BCUT2D eigenvalue weighted by Crippen LogP contribution is 2.43. The van der Waals surface area contributed by atoms with Crippen LogP contribution in [0.15, 0.2) is 42.6 Å². The Balaban J connectivity index is 1.94. The van der Waals surface area contributed by atoms with Crippen molar-refractivity contribution in [1.82, 2.24) is 14.8 Å². The summed E-state index contributed by atoms with van der Waals surface area (Å²) < 4.78 is 1.80. The molecule has 0 spiro atoms. The number of fused-ring (bicyclic) bond motifs is 1. The molecule has 0 aliphatic carbocycles. The van der Waals surface area contributed by atoms with Crippen molar-refractivity contribution in [1.29, 1.82) is 0 Å². The summed E-state index contributed by atoms with van der Waals surface area (Å²) in [5, 5.41) is 17.1. The molecule has 1 unspecified atom stereocenters. The summed E-state index contributed by atoms with van der Waals surface area (Å²) in [7, 11) is 0. The Kier molecular flexibility index (Phi) is 4.88. The van der Waals surface area contributed by atoms with Gasteiger partial charge in [-0.15, -0.1) is 0 Å². The van der Waals surface area contributed by atoms with Gasteiger partial charge in [-0.3, -0.25) is 9.78 Å². The Morgan fingerprint density at radius 1 is 1.31 bits per heavy atom. The molecule has 0 saturated carbocycles. The van der Waals surface area contributed by atoms with Crippen molar-refractivity contribution >= 4 is 17.7 Å². The number of carbonyl (C=O) groups is 2. The molecule has 2 N–H and O–H groups in total. The lowest BCUT2D eigenvalue weighted by atomic mass is 9.84. The van der Waals surface area contributed by atoms with Crippen molar-refractivity contribution in [2.45, 2.75) is 39.2 Å². The molecule has 7 nitrogen and oxygen atoms in total. The fourth-order valence-electron chi connectivity index (χ4n) is 3.98. The molecule has 3 aromatic rings. The predicted octanol–water partition coefficient (Wildman–Crippen LogP) is 3.84. The molecule has 1 amide bonds. The molecule has 0 fully saturated rings. The van der Waals surface area contributed by atoms with Gasteiger partial charge in [0.15, 0.2) is 0 Å². The second-order valence-corrected chi connectivity index (χ2v) is 7.16. The third-order valence-electron chi connectivity index (χ3n) is 5.35. The van der Waals surface area contributed by atoms with Crippen molar-refractivity contribution in [3.63, 3.8) is 0 Å². The zero-order valence-corrected chi connectivity index (χ0v) is 16.3. The number of rotatable bonds is 4. The minimum atomic E-state index is -0.953. The average Bonchev–Trinajstić information content (AvgIpc) is 2.98. The van der Waals surface area contributed by atoms with E-state index in [9.17, 15) is 14.7 Å². The number of nitrogens with zero attached hydrogens (tertiary/aromatic N) is 3. The maximum atomic E-state index is 12.4. The van der Waals surface area contributed by atoms with Gasteiger partial charge in [-0.05, 0) is 55.7 Å². The fourth-order valence-corrected chi connectivity index (χ4v) is 3.98. The van der Waals surface area contributed by atoms with Crippen molar-refractivity contribution in [2.75, 3.05) is 5.32 Å². The van der Waals surface area contributed by atoms with Gasteiger partial charge in [-0.2, -0.15) is 5.10 Å². The van der Waals surface area contributed by atoms with E-state index in [-0.39, 0.29) is 17.4 Å². The van der Waals surface area contributed by atoms with E-state index in [4.69, 9.17) is 5.10 Å². The van der Waals surface area contributed by atoms with Crippen molar-refractivity contribution < 1.29 is 14.7 Å². The summed E-state index contributed by atoms with van der Waals surface area (Å²) in [5.41, 5.74) is 4.56. The van der Waals surface area contributed by atoms with Crippen LogP contribution in [0.5, 0.6) is 0 Å². The van der Waals surface area contributed by atoms with Crippen molar-refractivity contribution in [2.24, 2.45) is 0 Å². The number of anilines is 1. The summed E-state index contributed by atoms with van der Waals surface area (Å²) in [5.74, 6) is -0.395. The average molecular weight is 390 g/mol. The number of benzene rings is 1. The van der Waals surface area contributed by atoms with Crippen molar-refractivity contribution in [3.8, 4) is 11.4 Å². The van der Waals surface area contributed by atoms with Crippen LogP contribution in [0.25, 0.3) is 11.4 Å². The van der Waals surface area contributed by atoms with Crippen LogP contribution in [0.4, 0.5) is 5.82 Å². The van der Waals surface area contributed by atoms with E-state index in [0.717, 1.165) is 28.1 Å². The van der Waals surface area contributed by atoms with Gasteiger partial charge in [0.1, 0.15) is 11.5 Å². The zero-order valence-electron chi connectivity index (χ0n) is 16.3. The third kappa shape index (κ3) is 3.40. The topological polar surface area (TPSA) is 97.1 Å². The summed E-state index contributed by atoms with van der Waals surface area (Å²) >= 11 is 0. The van der Waals surface area contributed by atoms with E-state index in [1.54, 1.807) is 23.0 Å². The van der Waals surface area contributed by atoms with Gasteiger partial charge >= 0.3 is 5.97 Å². The molecule has 0 radical (unpaired) electrons. The minimum absolute atomic E-state index is 0.0456. The Labute approximate surface area is 168 Å². The lowest BCUT2D eigenvalue weighted by molar-refractivity contribution is -0.116. The van der Waals surface area contributed by atoms with Crippen LogP contribution >= 0.6 is 0 Å². The molecule has 1 aliphatic heterocycles. The summed E-state index contributed by atoms with van der Waals surface area (Å²) in [6.07, 6.45) is 2.72. The number of hydrogen-bond acceptors (Lipinski definition) is 4. The van der Waals surface area contributed by atoms with Gasteiger partial charge in [0.2, 0.25) is 5.91 Å². The van der Waals surface area contributed by atoms with Crippen LogP contribution in [0.2, 0.25) is 0 Å². The van der Waals surface area contributed by atoms with E-state index in [2.05, 4.69) is 10.3 Å². The Morgan fingerprint density at radius 3 is 2.79 bits per heavy atom. The molecule has 1 atom stereocenters. The van der Waals surface area contributed by atoms with Gasteiger partial charge in [-0.25, -0.2) is 9.48 Å². The molecule has 0 saturated heterocycles. The SMILES string of the molecule is CCn1nc(-c2ccccn2)c2c1NC(=O)CCC2c1ccc(C(=O)O)cc1C. The van der Waals surface area contributed by atoms with Gasteiger partial charge in [-0.1, -0.05) is 12.1 Å². The molecule has 2 aromatic heterocycles. The number of nitrogens with one attached hydrogen (secondary N) is 1. The fraction of sp³-hybridized carbons (Fsp3) is 0.273. The standard InChI is InChI=1S/C22H22N4O3/c1-3-26-21-19(20(25-26)17-6-4-5-11-23-17)16(9-10-18(27)24-21)15-8-7-14(22(28)29)12-13(15)2/h4-8,11-12,16H,3,9-10H2,1-2H3,(H,24,27)(H,28,29). The second kappa shape index (κ2) is 7.50. The van der Waals surface area contributed by atoms with Crippen LogP contribution in [0.1, 0.15) is 52.7 Å². The van der Waals surface area contributed by atoms with Gasteiger partial charge in [0.05, 0.1) is 11.3 Å². The first-order valence-corrected chi connectivity index (χ1v) is 9.65. The molecular formula is C22H22N4O3. The maximum absolute atomic E-state index is 12.4. The number of carboxylic acid groups (broad SMARTS) is 1. The van der Waals surface area contributed by atoms with Crippen LogP contribution in [0, 0.1) is 6.92 Å². The van der Waals surface area contributed by atoms with E-state index in [0.29, 0.717) is 25.2 Å². The molecular weight excluding hydrogens is 368 g/mol. The largest absolute Gasteiger partial charge is 0.478 e. The van der Waals surface area contributed by atoms with Crippen molar-refractivity contribution in [3.05, 3.63) is 64.8 Å². The predicted molar refractivity (Wildman–Crippen MR) is 109 cm³/mol. The first-order valence-electron chi connectivity index (χ1n) is 9.65. The van der Waals surface area contributed by atoms with Gasteiger partial charge < -0.3 is 10.4 Å². The number of hydrogen-bond donors (Lipinski definition) is 2. The van der Waals surface area contributed by atoms with Crippen LogP contribution < -0.4 is 5.32 Å². The van der Waals surface area contributed by atoms with Crippen LogP contribution in [-0.2, 0) is 11.3 Å². The molecule has 3 heterocycles. The summed E-state index contributed by atoms with van der Waals surface area (Å²) in [6.45, 7) is 4.50. The minimum Gasteiger partial charge on any atom is -0.478 e. The molecule has 29 heavy (non-hydrogen) atoms. The van der Waals surface area contributed by atoms with E-state index >= 15 is 0 Å². The quantitative estimate of drug-likeness (QED) is 0.705. The summed E-state index contributed by atoms with van der Waals surface area (Å²) in [6, 6.07) is 10.8. The highest BCUT2D eigenvalue weighted by atomic mass is 16.4. The monoisotopic (exact) mass is 390 g/mol. The number of aryl methyl sites for hydroxylation is 2. The second-order valence-electron chi connectivity index (χ2n) is 7.16. The number of amides is 1. The third-order valence-corrected chi connectivity index (χ3v) is 5.35. The lowest BCUT2D eigenvalue weighted by Crippen LogP contribution is -2.13. The van der Waals surface area contributed by atoms with E-state index in [1.165, 1.54) is 0 Å². The Morgan fingerprint density at radius 2 is 2.14 bits per heavy atom. The van der Waals surface area contributed by atoms with E-state index in [1.807, 2.05) is 38.1 Å². The highest BCUT2D eigenvalue weighted by Gasteiger charge is 2.32. The van der Waals surface area contributed by atoms with Gasteiger partial charge in [0, 0.05) is 30.6 Å². The number of carbonyl (C=O) groups excluding carboxylic acids is 1. The number of pyridine rings is 1. The first-order chi connectivity index (χ1) is 14.0. The smallest absolute Gasteiger partial charge is 0.335 e. The maximum Gasteiger partial charge on any atom is 0.335 e. The molecule has 148 valence electrons. The normalized spacial score (nSPS) is 16.1. The number of aromatic nitrogens is 3. The lowest BCUT2D eigenvalue weighted by Gasteiger charge is -2.19. The van der Waals surface area contributed by atoms with Crippen LogP contribution in [-0.4, -0.2) is 31.7 Å². The Bertz CT molecular complexity index is 1090. The molecule has 1 aliphatic rings.